The Kier molecular flexibility index (Phi) is 5.23. The number of nitrogens with one attached hydrogen (secondary N) is 1. The first-order valence-electron chi connectivity index (χ1n) is 10.3. The molecule has 0 spiro atoms. The zero-order valence-electron chi connectivity index (χ0n) is 17.9. The fraction of sp³-hybridized carbons (Fsp3) is 0.0417. The third-order valence-corrected chi connectivity index (χ3v) is 5.31. The van der Waals surface area contributed by atoms with Crippen molar-refractivity contribution in [1.82, 2.24) is 24.8 Å². The van der Waals surface area contributed by atoms with Crippen LogP contribution in [0.25, 0.3) is 28.3 Å². The van der Waals surface area contributed by atoms with Gasteiger partial charge in [0.1, 0.15) is 0 Å². The summed E-state index contributed by atoms with van der Waals surface area (Å²) in [6, 6.07) is 18.9. The summed E-state index contributed by atoms with van der Waals surface area (Å²) in [5.41, 5.74) is 4.17. The lowest BCUT2D eigenvalue weighted by atomic mass is 10.1. The summed E-state index contributed by atoms with van der Waals surface area (Å²) < 4.78 is 1.67. The molecule has 10 heteroatoms. The number of fused-ring (bicyclic) bond motifs is 1. The number of nitro benzene ring substituents is 1. The van der Waals surface area contributed by atoms with E-state index in [0.717, 1.165) is 11.1 Å². The highest BCUT2D eigenvalue weighted by Gasteiger charge is 2.15. The van der Waals surface area contributed by atoms with E-state index < -0.39 is 10.8 Å². The van der Waals surface area contributed by atoms with Crippen LogP contribution in [0.1, 0.15) is 15.9 Å². The van der Waals surface area contributed by atoms with Crippen molar-refractivity contribution in [2.45, 2.75) is 6.92 Å². The average Bonchev–Trinajstić information content (AvgIpc) is 3.28. The van der Waals surface area contributed by atoms with Crippen molar-refractivity contribution in [1.29, 1.82) is 0 Å². The number of pyridine rings is 1. The van der Waals surface area contributed by atoms with Gasteiger partial charge in [0.25, 0.3) is 11.6 Å². The highest BCUT2D eigenvalue weighted by Crippen LogP contribution is 2.24. The van der Waals surface area contributed by atoms with Gasteiger partial charge in [-0.15, -0.1) is 10.2 Å². The number of amides is 1. The first-order chi connectivity index (χ1) is 16.5. The number of carbonyl (C=O) groups is 1. The maximum atomic E-state index is 12.6. The monoisotopic (exact) mass is 451 g/mol. The molecule has 0 aliphatic rings. The molecule has 0 atom stereocenters. The second-order valence-corrected chi connectivity index (χ2v) is 7.54. The molecule has 5 rings (SSSR count). The number of hydrogen-bond acceptors (Lipinski definition) is 7. The van der Waals surface area contributed by atoms with E-state index in [9.17, 15) is 14.9 Å². The molecule has 0 saturated heterocycles. The van der Waals surface area contributed by atoms with Crippen molar-refractivity contribution >= 4 is 22.9 Å². The zero-order valence-corrected chi connectivity index (χ0v) is 17.9. The zero-order chi connectivity index (χ0) is 23.7. The quantitative estimate of drug-likeness (QED) is 0.311. The minimum absolute atomic E-state index is 0.0930. The Morgan fingerprint density at radius 2 is 1.71 bits per heavy atom. The Hall–Kier alpha value is -4.99. The van der Waals surface area contributed by atoms with Crippen LogP contribution in [0.4, 0.5) is 11.4 Å². The van der Waals surface area contributed by atoms with Gasteiger partial charge in [0, 0.05) is 46.4 Å². The number of nitro groups is 1. The van der Waals surface area contributed by atoms with Crippen LogP contribution in [-0.2, 0) is 0 Å². The van der Waals surface area contributed by atoms with E-state index in [2.05, 4.69) is 25.6 Å². The van der Waals surface area contributed by atoms with Crippen LogP contribution in [0, 0.1) is 17.0 Å². The average molecular weight is 451 g/mol. The number of benzene rings is 2. The maximum absolute atomic E-state index is 12.6. The lowest BCUT2D eigenvalue weighted by molar-refractivity contribution is -0.385. The maximum Gasteiger partial charge on any atom is 0.273 e. The third kappa shape index (κ3) is 3.95. The predicted molar refractivity (Wildman–Crippen MR) is 125 cm³/mol. The summed E-state index contributed by atoms with van der Waals surface area (Å²) in [5, 5.41) is 27.0. The Labute approximate surface area is 193 Å². The Balaban J connectivity index is 1.39. The first-order valence-corrected chi connectivity index (χ1v) is 10.3. The highest BCUT2D eigenvalue weighted by atomic mass is 16.6. The summed E-state index contributed by atoms with van der Waals surface area (Å²) in [6.45, 7) is 1.63. The van der Waals surface area contributed by atoms with Gasteiger partial charge in [-0.1, -0.05) is 18.2 Å². The first kappa shape index (κ1) is 20.9. The normalized spacial score (nSPS) is 10.9. The second-order valence-electron chi connectivity index (χ2n) is 7.54. The van der Waals surface area contributed by atoms with Gasteiger partial charge in [-0.05, 0) is 49.4 Å². The summed E-state index contributed by atoms with van der Waals surface area (Å²) >= 11 is 0. The van der Waals surface area contributed by atoms with E-state index >= 15 is 0 Å². The number of nitrogens with zero attached hydrogens (tertiary/aromatic N) is 6. The Morgan fingerprint density at radius 1 is 0.941 bits per heavy atom. The van der Waals surface area contributed by atoms with Crippen molar-refractivity contribution in [2.75, 3.05) is 5.32 Å². The smallest absolute Gasteiger partial charge is 0.273 e. The van der Waals surface area contributed by atoms with Crippen LogP contribution < -0.4 is 5.32 Å². The van der Waals surface area contributed by atoms with E-state index in [1.165, 1.54) is 6.07 Å². The molecule has 0 radical (unpaired) electrons. The lowest BCUT2D eigenvalue weighted by Gasteiger charge is -2.08. The Morgan fingerprint density at radius 3 is 2.44 bits per heavy atom. The Bertz CT molecular complexity index is 1530. The molecule has 2 aromatic carbocycles. The topological polar surface area (TPSA) is 128 Å². The van der Waals surface area contributed by atoms with Gasteiger partial charge < -0.3 is 5.32 Å². The van der Waals surface area contributed by atoms with Crippen molar-refractivity contribution in [3.8, 4) is 22.6 Å². The molecule has 0 unspecified atom stereocenters. The molecule has 34 heavy (non-hydrogen) atoms. The van der Waals surface area contributed by atoms with Gasteiger partial charge in [0.05, 0.1) is 10.6 Å². The summed E-state index contributed by atoms with van der Waals surface area (Å²) in [4.78, 5) is 27.3. The molecular formula is C24H17N7O3. The molecule has 0 aliphatic heterocycles. The van der Waals surface area contributed by atoms with Crippen LogP contribution in [-0.4, -0.2) is 35.6 Å². The molecule has 0 saturated carbocycles. The second kappa shape index (κ2) is 8.51. The van der Waals surface area contributed by atoms with Crippen LogP contribution in [0.2, 0.25) is 0 Å². The number of anilines is 1. The molecule has 0 aliphatic carbocycles. The van der Waals surface area contributed by atoms with Gasteiger partial charge in [-0.3, -0.25) is 19.9 Å². The molecule has 1 amide bonds. The van der Waals surface area contributed by atoms with Gasteiger partial charge in [-0.25, -0.2) is 0 Å². The number of rotatable bonds is 5. The van der Waals surface area contributed by atoms with Gasteiger partial charge in [-0.2, -0.15) is 9.61 Å². The van der Waals surface area contributed by atoms with Gasteiger partial charge in [0.15, 0.2) is 11.5 Å². The number of hydrogen-bond donors (Lipinski definition) is 1. The summed E-state index contributed by atoms with van der Waals surface area (Å²) in [6.07, 6.45) is 3.37. The van der Waals surface area contributed by atoms with E-state index in [4.69, 9.17) is 0 Å². The van der Waals surface area contributed by atoms with Crippen molar-refractivity contribution in [3.05, 3.63) is 100 Å². The van der Waals surface area contributed by atoms with Crippen LogP contribution in [0.15, 0.2) is 79.1 Å². The molecule has 3 heterocycles. The van der Waals surface area contributed by atoms with Crippen molar-refractivity contribution in [2.24, 2.45) is 0 Å². The predicted octanol–water partition coefficient (Wildman–Crippen LogP) is 4.32. The van der Waals surface area contributed by atoms with Crippen LogP contribution in [0.5, 0.6) is 0 Å². The molecule has 0 fully saturated rings. The van der Waals surface area contributed by atoms with Crippen molar-refractivity contribution in [3.63, 3.8) is 0 Å². The number of aryl methyl sites for hydroxylation is 1. The van der Waals surface area contributed by atoms with E-state index in [-0.39, 0.29) is 11.3 Å². The third-order valence-electron chi connectivity index (χ3n) is 5.31. The molecule has 3 aromatic heterocycles. The molecule has 10 nitrogen and oxygen atoms in total. The fourth-order valence-corrected chi connectivity index (χ4v) is 3.50. The standard InChI is InChI=1S/C24H17N7O3/c1-15-2-3-18(14-21(15)31(33)34)24(32)26-19-6-4-16(5-7-19)20-8-9-22-27-28-23(30(22)29-20)17-10-12-25-13-11-17/h2-14H,1H3,(H,26,32). The van der Waals surface area contributed by atoms with E-state index in [1.807, 2.05) is 36.4 Å². The van der Waals surface area contributed by atoms with Crippen LogP contribution >= 0.6 is 0 Å². The fourth-order valence-electron chi connectivity index (χ4n) is 3.50. The minimum Gasteiger partial charge on any atom is -0.322 e. The lowest BCUT2D eigenvalue weighted by Crippen LogP contribution is -2.12. The number of carbonyl (C=O) groups excluding carboxylic acids is 1. The van der Waals surface area contributed by atoms with Crippen LogP contribution in [0.3, 0.4) is 0 Å². The minimum atomic E-state index is -0.499. The summed E-state index contributed by atoms with van der Waals surface area (Å²) in [7, 11) is 0. The SMILES string of the molecule is Cc1ccc(C(=O)Nc2ccc(-c3ccc4nnc(-c5ccncc5)n4n3)cc2)cc1[N+](=O)[O-]. The molecule has 5 aromatic rings. The summed E-state index contributed by atoms with van der Waals surface area (Å²) in [5.74, 6) is 0.178. The molecule has 1 N–H and O–H groups in total. The molecular weight excluding hydrogens is 434 g/mol. The molecule has 0 bridgehead atoms. The van der Waals surface area contributed by atoms with E-state index in [1.54, 1.807) is 48.1 Å². The highest BCUT2D eigenvalue weighted by molar-refractivity contribution is 6.04. The van der Waals surface area contributed by atoms with Crippen molar-refractivity contribution < 1.29 is 9.72 Å². The van der Waals surface area contributed by atoms with Gasteiger partial charge >= 0.3 is 0 Å². The molecule has 166 valence electrons. The van der Waals surface area contributed by atoms with Gasteiger partial charge in [0.2, 0.25) is 0 Å². The largest absolute Gasteiger partial charge is 0.322 e. The van der Waals surface area contributed by atoms with E-state index in [0.29, 0.717) is 28.4 Å². The number of aromatic nitrogens is 5.